The molecule has 3 aliphatic rings. The molecule has 3 aliphatic heterocycles. The zero-order chi connectivity index (χ0) is 26.9. The Morgan fingerprint density at radius 3 is 2.31 bits per heavy atom. The van der Waals surface area contributed by atoms with Crippen molar-refractivity contribution in [2.75, 3.05) is 12.4 Å². The number of rotatable bonds is 9. The van der Waals surface area contributed by atoms with Gasteiger partial charge in [0.1, 0.15) is 18.3 Å². The summed E-state index contributed by atoms with van der Waals surface area (Å²) in [4.78, 5) is 27.4. The molecule has 3 saturated heterocycles. The van der Waals surface area contributed by atoms with Crippen molar-refractivity contribution >= 4 is 17.7 Å². The van der Waals surface area contributed by atoms with Gasteiger partial charge in [-0.1, -0.05) is 72.8 Å². The fourth-order valence-electron chi connectivity index (χ4n) is 6.36. The second-order valence-electron chi connectivity index (χ2n) is 11.0. The zero-order valence-corrected chi connectivity index (χ0v) is 22.0. The highest BCUT2D eigenvalue weighted by Crippen LogP contribution is 2.48. The van der Waals surface area contributed by atoms with E-state index in [1.165, 1.54) is 0 Å². The Labute approximate surface area is 228 Å². The molecular formula is C32H34N2O5. The van der Waals surface area contributed by atoms with Gasteiger partial charge in [-0.25, -0.2) is 4.79 Å². The SMILES string of the molecule is CN1[C@@H]2CC(OC(=O)Nc3cc(CCC(Cc4ccccc4)C(=O)O)ccc3-c3ccccc3)C[C@H]1[C@@H]1O[C@@H]12. The van der Waals surface area contributed by atoms with Crippen LogP contribution in [0.4, 0.5) is 10.5 Å². The summed E-state index contributed by atoms with van der Waals surface area (Å²) in [5, 5.41) is 12.8. The van der Waals surface area contributed by atoms with Crippen LogP contribution in [0.15, 0.2) is 78.9 Å². The molecule has 3 aromatic rings. The molecule has 0 aliphatic carbocycles. The van der Waals surface area contributed by atoms with E-state index in [1.54, 1.807) is 0 Å². The van der Waals surface area contributed by atoms with E-state index in [0.717, 1.165) is 35.1 Å². The third kappa shape index (κ3) is 5.56. The molecule has 6 rings (SSSR count). The van der Waals surface area contributed by atoms with Gasteiger partial charge in [0.25, 0.3) is 0 Å². The second kappa shape index (κ2) is 10.8. The Balaban J connectivity index is 1.15. The first-order chi connectivity index (χ1) is 19.0. The molecule has 7 nitrogen and oxygen atoms in total. The van der Waals surface area contributed by atoms with E-state index in [0.29, 0.717) is 37.0 Å². The minimum atomic E-state index is -0.795. The number of ether oxygens (including phenoxy) is 2. The number of fused-ring (bicyclic) bond motifs is 5. The summed E-state index contributed by atoms with van der Waals surface area (Å²) in [6.07, 6.45) is 3.12. The Bertz CT molecular complexity index is 1310. The smallest absolute Gasteiger partial charge is 0.411 e. The van der Waals surface area contributed by atoms with Crippen molar-refractivity contribution < 1.29 is 24.2 Å². The summed E-state index contributed by atoms with van der Waals surface area (Å²) in [5.41, 5.74) is 4.54. The van der Waals surface area contributed by atoms with E-state index in [4.69, 9.17) is 9.47 Å². The lowest BCUT2D eigenvalue weighted by atomic mass is 9.92. The highest BCUT2D eigenvalue weighted by Gasteiger charge is 2.62. The molecule has 6 atom stereocenters. The molecule has 2 N–H and O–H groups in total. The number of benzene rings is 3. The molecule has 7 heteroatoms. The summed E-state index contributed by atoms with van der Waals surface area (Å²) < 4.78 is 11.7. The summed E-state index contributed by atoms with van der Waals surface area (Å²) in [6, 6.07) is 26.2. The number of nitrogens with zero attached hydrogens (tertiary/aromatic N) is 1. The minimum absolute atomic E-state index is 0.134. The lowest BCUT2D eigenvalue weighted by Crippen LogP contribution is -2.48. The van der Waals surface area contributed by atoms with E-state index in [9.17, 15) is 14.7 Å². The highest BCUT2D eigenvalue weighted by atomic mass is 16.6. The van der Waals surface area contributed by atoms with E-state index in [-0.39, 0.29) is 18.3 Å². The third-order valence-corrected chi connectivity index (χ3v) is 8.51. The number of nitrogens with one attached hydrogen (secondary N) is 1. The van der Waals surface area contributed by atoms with Gasteiger partial charge in [-0.2, -0.15) is 0 Å². The number of piperidine rings is 1. The van der Waals surface area contributed by atoms with Crippen LogP contribution in [-0.4, -0.2) is 59.5 Å². The number of carbonyl (C=O) groups excluding carboxylic acids is 1. The average molecular weight is 527 g/mol. The van der Waals surface area contributed by atoms with E-state index < -0.39 is 18.0 Å². The topological polar surface area (TPSA) is 91.4 Å². The quantitative estimate of drug-likeness (QED) is 0.363. The van der Waals surface area contributed by atoms with Gasteiger partial charge in [-0.3, -0.25) is 15.0 Å². The van der Waals surface area contributed by atoms with Gasteiger partial charge >= 0.3 is 12.1 Å². The predicted octanol–water partition coefficient (Wildman–Crippen LogP) is 5.39. The van der Waals surface area contributed by atoms with Gasteiger partial charge in [-0.05, 0) is 49.1 Å². The largest absolute Gasteiger partial charge is 0.481 e. The predicted molar refractivity (Wildman–Crippen MR) is 149 cm³/mol. The maximum Gasteiger partial charge on any atom is 0.411 e. The molecule has 0 spiro atoms. The van der Waals surface area contributed by atoms with Gasteiger partial charge in [0.05, 0.1) is 11.6 Å². The number of morpholine rings is 1. The molecule has 3 fully saturated rings. The first-order valence-corrected chi connectivity index (χ1v) is 13.8. The molecule has 3 heterocycles. The summed E-state index contributed by atoms with van der Waals surface area (Å²) in [7, 11) is 2.13. The Morgan fingerprint density at radius 1 is 0.974 bits per heavy atom. The molecule has 2 bridgehead atoms. The Morgan fingerprint density at radius 2 is 1.64 bits per heavy atom. The summed E-state index contributed by atoms with van der Waals surface area (Å²) >= 11 is 0. The number of aliphatic carboxylic acids is 1. The van der Waals surface area contributed by atoms with Crippen LogP contribution in [0, 0.1) is 5.92 Å². The van der Waals surface area contributed by atoms with E-state index in [1.807, 2.05) is 78.9 Å². The second-order valence-corrected chi connectivity index (χ2v) is 11.0. The van der Waals surface area contributed by atoms with Crippen LogP contribution >= 0.6 is 0 Å². The standard InChI is InChI=1S/C32H34N2O5/c1-34-27-18-24(19-28(34)30-29(27)39-30)38-32(37)33-26-17-21(13-15-25(26)22-10-6-3-7-11-22)12-14-23(31(35)36)16-20-8-4-2-5-9-20/h2-11,13,15,17,23-24,27-30H,12,14,16,18-19H2,1H3,(H,33,37)(H,35,36)/t23?,24?,27-,28+,29-,30+. The number of anilines is 1. The fourth-order valence-corrected chi connectivity index (χ4v) is 6.36. The van der Waals surface area contributed by atoms with E-state index >= 15 is 0 Å². The van der Waals surface area contributed by atoms with Crippen molar-refractivity contribution in [3.63, 3.8) is 0 Å². The first kappa shape index (κ1) is 25.6. The molecule has 0 aromatic heterocycles. The summed E-state index contributed by atoms with van der Waals surface area (Å²) in [6.45, 7) is 0. The van der Waals surface area contributed by atoms with Gasteiger partial charge in [0.2, 0.25) is 0 Å². The molecule has 3 aromatic carbocycles. The lowest BCUT2D eigenvalue weighted by Gasteiger charge is -2.37. The van der Waals surface area contributed by atoms with Gasteiger partial charge < -0.3 is 14.6 Å². The highest BCUT2D eigenvalue weighted by molar-refractivity contribution is 5.91. The number of amides is 1. The van der Waals surface area contributed by atoms with Crippen LogP contribution in [0.1, 0.15) is 30.4 Å². The van der Waals surface area contributed by atoms with Gasteiger partial charge in [0, 0.05) is 30.5 Å². The number of aryl methyl sites for hydroxylation is 1. The van der Waals surface area contributed by atoms with Crippen molar-refractivity contribution in [1.29, 1.82) is 0 Å². The van der Waals surface area contributed by atoms with Crippen LogP contribution < -0.4 is 5.32 Å². The lowest BCUT2D eigenvalue weighted by molar-refractivity contribution is -0.141. The fraction of sp³-hybridized carbons (Fsp3) is 0.375. The molecule has 0 saturated carbocycles. The molecule has 39 heavy (non-hydrogen) atoms. The van der Waals surface area contributed by atoms with E-state index in [2.05, 4.69) is 17.3 Å². The molecule has 1 amide bonds. The minimum Gasteiger partial charge on any atom is -0.481 e. The molecular weight excluding hydrogens is 492 g/mol. The Kier molecular flexibility index (Phi) is 7.11. The monoisotopic (exact) mass is 526 g/mol. The van der Waals surface area contributed by atoms with Crippen LogP contribution in [0.5, 0.6) is 0 Å². The number of likely N-dealkylation sites (N-methyl/N-ethyl adjacent to an activating group) is 1. The first-order valence-electron chi connectivity index (χ1n) is 13.8. The van der Waals surface area contributed by atoms with Crippen molar-refractivity contribution in [3.8, 4) is 11.1 Å². The summed E-state index contributed by atoms with van der Waals surface area (Å²) in [5.74, 6) is -1.28. The van der Waals surface area contributed by atoms with Crippen LogP contribution in [0.25, 0.3) is 11.1 Å². The average Bonchev–Trinajstić information content (AvgIpc) is 3.70. The van der Waals surface area contributed by atoms with Gasteiger partial charge in [-0.15, -0.1) is 0 Å². The maximum absolute atomic E-state index is 13.1. The Hall–Kier alpha value is -3.68. The maximum atomic E-state index is 13.1. The van der Waals surface area contributed by atoms with Crippen molar-refractivity contribution in [3.05, 3.63) is 90.0 Å². The zero-order valence-electron chi connectivity index (χ0n) is 22.0. The number of epoxide rings is 1. The number of carbonyl (C=O) groups is 2. The number of hydrogen-bond acceptors (Lipinski definition) is 5. The van der Waals surface area contributed by atoms with Gasteiger partial charge in [0.15, 0.2) is 0 Å². The number of carboxylic acids is 1. The van der Waals surface area contributed by atoms with Crippen molar-refractivity contribution in [1.82, 2.24) is 4.90 Å². The molecule has 0 radical (unpaired) electrons. The molecule has 2 unspecified atom stereocenters. The number of hydrogen-bond donors (Lipinski definition) is 2. The van der Waals surface area contributed by atoms with Crippen LogP contribution in [0.2, 0.25) is 0 Å². The van der Waals surface area contributed by atoms with Crippen LogP contribution in [0.3, 0.4) is 0 Å². The normalized spacial score (nSPS) is 25.9. The third-order valence-electron chi connectivity index (χ3n) is 8.51. The van der Waals surface area contributed by atoms with Crippen molar-refractivity contribution in [2.24, 2.45) is 5.92 Å². The van der Waals surface area contributed by atoms with Crippen molar-refractivity contribution in [2.45, 2.75) is 62.5 Å². The van der Waals surface area contributed by atoms with Crippen LogP contribution in [-0.2, 0) is 27.1 Å². The molecule has 202 valence electrons. The number of carboxylic acid groups (broad SMARTS) is 1.